The third kappa shape index (κ3) is 1.37. The molecule has 2 aromatic rings. The second-order valence-corrected chi connectivity index (χ2v) is 3.91. The van der Waals surface area contributed by atoms with Crippen LogP contribution in [0.3, 0.4) is 0 Å². The standard InChI is InChI=1S/C12H16N2/c1-8(2)11-7-10(13-3)6-9-4-5-14-12(9)11/h4-8,13-14H,1-3H3. The summed E-state index contributed by atoms with van der Waals surface area (Å²) in [6.45, 7) is 4.43. The van der Waals surface area contributed by atoms with Gasteiger partial charge in [0.15, 0.2) is 0 Å². The maximum Gasteiger partial charge on any atom is 0.0490 e. The van der Waals surface area contributed by atoms with Crippen molar-refractivity contribution in [2.24, 2.45) is 0 Å². The zero-order valence-electron chi connectivity index (χ0n) is 8.89. The zero-order valence-corrected chi connectivity index (χ0v) is 8.89. The van der Waals surface area contributed by atoms with Crippen molar-refractivity contribution in [1.29, 1.82) is 0 Å². The Kier molecular flexibility index (Phi) is 2.20. The van der Waals surface area contributed by atoms with Gasteiger partial charge in [-0.3, -0.25) is 0 Å². The monoisotopic (exact) mass is 188 g/mol. The molecule has 0 unspecified atom stereocenters. The summed E-state index contributed by atoms with van der Waals surface area (Å²) in [5, 5.41) is 4.47. The molecule has 0 saturated carbocycles. The van der Waals surface area contributed by atoms with Gasteiger partial charge in [-0.25, -0.2) is 0 Å². The average molecular weight is 188 g/mol. The van der Waals surface area contributed by atoms with Gasteiger partial charge in [-0.15, -0.1) is 0 Å². The molecule has 1 aromatic carbocycles. The predicted octanol–water partition coefficient (Wildman–Crippen LogP) is 3.33. The second-order valence-electron chi connectivity index (χ2n) is 3.91. The molecule has 0 spiro atoms. The predicted molar refractivity (Wildman–Crippen MR) is 61.9 cm³/mol. The van der Waals surface area contributed by atoms with Gasteiger partial charge in [0, 0.05) is 29.8 Å². The van der Waals surface area contributed by atoms with Crippen molar-refractivity contribution >= 4 is 16.6 Å². The Labute approximate surface area is 84.3 Å². The number of fused-ring (bicyclic) bond motifs is 1. The highest BCUT2D eigenvalue weighted by Crippen LogP contribution is 2.27. The van der Waals surface area contributed by atoms with Crippen LogP contribution in [0.5, 0.6) is 0 Å². The van der Waals surface area contributed by atoms with Gasteiger partial charge in [0.25, 0.3) is 0 Å². The molecule has 2 rings (SSSR count). The molecule has 0 aliphatic heterocycles. The highest BCUT2D eigenvalue weighted by atomic mass is 14.8. The molecule has 14 heavy (non-hydrogen) atoms. The quantitative estimate of drug-likeness (QED) is 0.743. The van der Waals surface area contributed by atoms with Crippen molar-refractivity contribution in [2.45, 2.75) is 19.8 Å². The normalized spacial score (nSPS) is 11.1. The van der Waals surface area contributed by atoms with Crippen molar-refractivity contribution in [3.8, 4) is 0 Å². The Morgan fingerprint density at radius 2 is 2.07 bits per heavy atom. The molecular weight excluding hydrogens is 172 g/mol. The van der Waals surface area contributed by atoms with Crippen molar-refractivity contribution in [3.63, 3.8) is 0 Å². The SMILES string of the molecule is CNc1cc(C(C)C)c2[nH]ccc2c1. The van der Waals surface area contributed by atoms with E-state index < -0.39 is 0 Å². The zero-order chi connectivity index (χ0) is 10.1. The number of hydrogen-bond acceptors (Lipinski definition) is 1. The summed E-state index contributed by atoms with van der Waals surface area (Å²) >= 11 is 0. The van der Waals surface area contributed by atoms with Crippen LogP contribution < -0.4 is 5.32 Å². The van der Waals surface area contributed by atoms with E-state index in [4.69, 9.17) is 0 Å². The van der Waals surface area contributed by atoms with Gasteiger partial charge in [0.2, 0.25) is 0 Å². The Morgan fingerprint density at radius 3 is 2.71 bits per heavy atom. The lowest BCUT2D eigenvalue weighted by Gasteiger charge is -2.10. The molecule has 1 heterocycles. The molecule has 0 aliphatic carbocycles. The number of H-pyrrole nitrogens is 1. The molecule has 0 bridgehead atoms. The topological polar surface area (TPSA) is 27.8 Å². The first-order chi connectivity index (χ1) is 6.72. The lowest BCUT2D eigenvalue weighted by atomic mass is 10.00. The summed E-state index contributed by atoms with van der Waals surface area (Å²) in [7, 11) is 1.96. The Morgan fingerprint density at radius 1 is 1.29 bits per heavy atom. The van der Waals surface area contributed by atoms with E-state index in [0.29, 0.717) is 5.92 Å². The number of anilines is 1. The van der Waals surface area contributed by atoms with E-state index in [2.05, 4.69) is 42.3 Å². The van der Waals surface area contributed by atoms with Crippen LogP contribution in [0, 0.1) is 0 Å². The molecule has 0 aliphatic rings. The van der Waals surface area contributed by atoms with E-state index in [1.54, 1.807) is 0 Å². The number of rotatable bonds is 2. The largest absolute Gasteiger partial charge is 0.388 e. The maximum atomic E-state index is 3.29. The fourth-order valence-corrected chi connectivity index (χ4v) is 1.80. The Bertz CT molecular complexity index is 441. The van der Waals surface area contributed by atoms with Crippen LogP contribution in [0.25, 0.3) is 10.9 Å². The van der Waals surface area contributed by atoms with Crippen molar-refractivity contribution in [2.75, 3.05) is 12.4 Å². The van der Waals surface area contributed by atoms with Crippen LogP contribution in [-0.2, 0) is 0 Å². The van der Waals surface area contributed by atoms with Gasteiger partial charge in [0.1, 0.15) is 0 Å². The van der Waals surface area contributed by atoms with Crippen molar-refractivity contribution < 1.29 is 0 Å². The van der Waals surface area contributed by atoms with Crippen LogP contribution in [0.1, 0.15) is 25.3 Å². The molecule has 0 atom stereocenters. The minimum atomic E-state index is 0.546. The van der Waals surface area contributed by atoms with E-state index in [1.807, 2.05) is 13.2 Å². The molecule has 74 valence electrons. The number of aromatic nitrogens is 1. The fourth-order valence-electron chi connectivity index (χ4n) is 1.80. The van der Waals surface area contributed by atoms with E-state index in [9.17, 15) is 0 Å². The molecule has 1 aromatic heterocycles. The van der Waals surface area contributed by atoms with E-state index in [-0.39, 0.29) is 0 Å². The van der Waals surface area contributed by atoms with Crippen LogP contribution >= 0.6 is 0 Å². The smallest absolute Gasteiger partial charge is 0.0490 e. The molecule has 0 fully saturated rings. The lowest BCUT2D eigenvalue weighted by molar-refractivity contribution is 0.874. The highest BCUT2D eigenvalue weighted by Gasteiger charge is 2.07. The molecule has 2 N–H and O–H groups in total. The summed E-state index contributed by atoms with van der Waals surface area (Å²) < 4.78 is 0. The highest BCUT2D eigenvalue weighted by molar-refractivity contribution is 5.86. The van der Waals surface area contributed by atoms with E-state index >= 15 is 0 Å². The van der Waals surface area contributed by atoms with Gasteiger partial charge < -0.3 is 10.3 Å². The summed E-state index contributed by atoms with van der Waals surface area (Å²) in [5.74, 6) is 0.546. The number of benzene rings is 1. The number of nitrogens with one attached hydrogen (secondary N) is 2. The van der Waals surface area contributed by atoms with Crippen LogP contribution in [0.15, 0.2) is 24.4 Å². The molecule has 2 heteroatoms. The van der Waals surface area contributed by atoms with E-state index in [0.717, 1.165) is 0 Å². The Balaban J connectivity index is 2.70. The number of hydrogen-bond donors (Lipinski definition) is 2. The summed E-state index contributed by atoms with van der Waals surface area (Å²) in [5.41, 5.74) is 3.82. The van der Waals surface area contributed by atoms with Crippen LogP contribution in [-0.4, -0.2) is 12.0 Å². The van der Waals surface area contributed by atoms with Gasteiger partial charge >= 0.3 is 0 Å². The van der Waals surface area contributed by atoms with Gasteiger partial charge in [-0.05, 0) is 29.7 Å². The van der Waals surface area contributed by atoms with E-state index in [1.165, 1.54) is 22.2 Å². The summed E-state index contributed by atoms with van der Waals surface area (Å²) in [4.78, 5) is 3.29. The summed E-state index contributed by atoms with van der Waals surface area (Å²) in [6, 6.07) is 6.49. The first-order valence-electron chi connectivity index (χ1n) is 5.01. The van der Waals surface area contributed by atoms with Gasteiger partial charge in [-0.1, -0.05) is 13.8 Å². The fraction of sp³-hybridized carbons (Fsp3) is 0.333. The molecule has 0 radical (unpaired) electrons. The van der Waals surface area contributed by atoms with Crippen molar-refractivity contribution in [1.82, 2.24) is 4.98 Å². The number of aromatic amines is 1. The molecule has 0 amide bonds. The minimum absolute atomic E-state index is 0.546. The maximum absolute atomic E-state index is 3.29. The van der Waals surface area contributed by atoms with Crippen LogP contribution in [0.2, 0.25) is 0 Å². The minimum Gasteiger partial charge on any atom is -0.388 e. The van der Waals surface area contributed by atoms with Crippen molar-refractivity contribution in [3.05, 3.63) is 30.0 Å². The second kappa shape index (κ2) is 3.37. The first kappa shape index (κ1) is 9.13. The van der Waals surface area contributed by atoms with Gasteiger partial charge in [0.05, 0.1) is 0 Å². The third-order valence-electron chi connectivity index (χ3n) is 2.60. The summed E-state index contributed by atoms with van der Waals surface area (Å²) in [6.07, 6.45) is 2.00. The molecule has 2 nitrogen and oxygen atoms in total. The third-order valence-corrected chi connectivity index (χ3v) is 2.60. The first-order valence-corrected chi connectivity index (χ1v) is 5.01. The average Bonchev–Trinajstić information content (AvgIpc) is 2.63. The molecular formula is C12H16N2. The Hall–Kier alpha value is -1.44. The lowest BCUT2D eigenvalue weighted by Crippen LogP contribution is -1.93. The van der Waals surface area contributed by atoms with Gasteiger partial charge in [-0.2, -0.15) is 0 Å². The molecule has 0 saturated heterocycles. The van der Waals surface area contributed by atoms with Crippen LogP contribution in [0.4, 0.5) is 5.69 Å².